The van der Waals surface area contributed by atoms with Gasteiger partial charge in [0, 0.05) is 23.6 Å². The summed E-state index contributed by atoms with van der Waals surface area (Å²) < 4.78 is 12.3. The molecule has 0 aromatic heterocycles. The number of amidine groups is 1. The number of aliphatic imine (C=N–C) groups is 2. The molecule has 2 atom stereocenters. The number of fused-ring (bicyclic) bond motifs is 2. The van der Waals surface area contributed by atoms with Gasteiger partial charge in [0.1, 0.15) is 17.2 Å². The third-order valence-corrected chi connectivity index (χ3v) is 6.01. The van der Waals surface area contributed by atoms with E-state index in [1.54, 1.807) is 0 Å². The van der Waals surface area contributed by atoms with E-state index in [0.717, 1.165) is 47.6 Å². The summed E-state index contributed by atoms with van der Waals surface area (Å²) in [6.45, 7) is 3.23. The van der Waals surface area contributed by atoms with E-state index < -0.39 is 11.3 Å². The molecule has 5 rings (SSSR count). The van der Waals surface area contributed by atoms with Crippen LogP contribution in [0.2, 0.25) is 5.02 Å². The van der Waals surface area contributed by atoms with Gasteiger partial charge in [-0.3, -0.25) is 4.99 Å². The molecule has 2 spiro atoms. The zero-order valence-corrected chi connectivity index (χ0v) is 16.5. The van der Waals surface area contributed by atoms with E-state index in [0.29, 0.717) is 23.9 Å². The Morgan fingerprint density at radius 2 is 1.96 bits per heavy atom. The van der Waals surface area contributed by atoms with Crippen molar-refractivity contribution >= 4 is 23.1 Å². The van der Waals surface area contributed by atoms with Crippen molar-refractivity contribution in [1.29, 1.82) is 0 Å². The summed E-state index contributed by atoms with van der Waals surface area (Å²) in [5, 5.41) is 0.705. The number of rotatable bonds is 1. The molecule has 0 bridgehead atoms. The van der Waals surface area contributed by atoms with Crippen LogP contribution in [-0.2, 0) is 10.4 Å². The van der Waals surface area contributed by atoms with Crippen molar-refractivity contribution in [2.75, 3.05) is 13.2 Å². The first-order valence-corrected chi connectivity index (χ1v) is 9.96. The fourth-order valence-electron chi connectivity index (χ4n) is 4.48. The van der Waals surface area contributed by atoms with Crippen LogP contribution < -0.4 is 10.5 Å². The Balaban J connectivity index is 1.67. The highest BCUT2D eigenvalue weighted by Gasteiger charge is 2.52. The van der Waals surface area contributed by atoms with Crippen molar-refractivity contribution in [3.05, 3.63) is 53.1 Å². The maximum Gasteiger partial charge on any atom is 0.185 e. The summed E-state index contributed by atoms with van der Waals surface area (Å²) in [6.07, 6.45) is 2.52. The monoisotopic (exact) mass is 395 g/mol. The Morgan fingerprint density at radius 3 is 2.68 bits per heavy atom. The average molecular weight is 396 g/mol. The number of nitrogens with two attached hydrogens (primary N) is 1. The SMILES string of the molecule is CC1=N[C@]2(CC3(CCCOC3)Oc3ccc(-c4cccc(Cl)c4)cc32)N=C1N. The molecule has 1 fully saturated rings. The zero-order chi connectivity index (χ0) is 19.4. The second-order valence-electron chi connectivity index (χ2n) is 7.85. The quantitative estimate of drug-likeness (QED) is 0.781. The first-order valence-electron chi connectivity index (χ1n) is 9.58. The van der Waals surface area contributed by atoms with Crippen LogP contribution >= 0.6 is 11.6 Å². The lowest BCUT2D eigenvalue weighted by Crippen LogP contribution is -2.51. The molecule has 2 N–H and O–H groups in total. The van der Waals surface area contributed by atoms with Crippen molar-refractivity contribution in [2.24, 2.45) is 15.7 Å². The van der Waals surface area contributed by atoms with Crippen molar-refractivity contribution in [2.45, 2.75) is 37.5 Å². The second kappa shape index (κ2) is 6.33. The van der Waals surface area contributed by atoms with E-state index >= 15 is 0 Å². The molecule has 28 heavy (non-hydrogen) atoms. The molecule has 2 aromatic rings. The lowest BCUT2D eigenvalue weighted by molar-refractivity contribution is -0.0927. The Bertz CT molecular complexity index is 991. The van der Waals surface area contributed by atoms with E-state index in [1.807, 2.05) is 37.3 Å². The first kappa shape index (κ1) is 17.7. The van der Waals surface area contributed by atoms with Crippen LogP contribution in [-0.4, -0.2) is 30.4 Å². The molecule has 3 aliphatic rings. The first-order chi connectivity index (χ1) is 13.5. The van der Waals surface area contributed by atoms with Crippen LogP contribution in [0.25, 0.3) is 11.1 Å². The lowest BCUT2D eigenvalue weighted by Gasteiger charge is -2.46. The van der Waals surface area contributed by atoms with Crippen molar-refractivity contribution in [1.82, 2.24) is 0 Å². The highest BCUT2D eigenvalue weighted by molar-refractivity contribution is 6.41. The lowest BCUT2D eigenvalue weighted by atomic mass is 9.79. The van der Waals surface area contributed by atoms with Gasteiger partial charge >= 0.3 is 0 Å². The summed E-state index contributed by atoms with van der Waals surface area (Å²) in [7, 11) is 0. The zero-order valence-electron chi connectivity index (χ0n) is 15.7. The molecule has 0 saturated carbocycles. The Morgan fingerprint density at radius 1 is 1.11 bits per heavy atom. The van der Waals surface area contributed by atoms with Gasteiger partial charge < -0.3 is 15.2 Å². The molecule has 0 radical (unpaired) electrons. The molecule has 1 unspecified atom stereocenters. The van der Waals surface area contributed by atoms with Gasteiger partial charge in [-0.05, 0) is 55.2 Å². The van der Waals surface area contributed by atoms with Crippen LogP contribution in [0.3, 0.4) is 0 Å². The molecule has 2 aromatic carbocycles. The number of ether oxygens (including phenoxy) is 2. The van der Waals surface area contributed by atoms with Gasteiger partial charge in [-0.2, -0.15) is 0 Å². The molecule has 0 aliphatic carbocycles. The number of benzene rings is 2. The highest BCUT2D eigenvalue weighted by Crippen LogP contribution is 2.51. The maximum atomic E-state index is 6.50. The predicted molar refractivity (Wildman–Crippen MR) is 111 cm³/mol. The number of hydrogen-bond acceptors (Lipinski definition) is 5. The van der Waals surface area contributed by atoms with Gasteiger partial charge in [0.05, 0.1) is 12.3 Å². The van der Waals surface area contributed by atoms with E-state index in [-0.39, 0.29) is 0 Å². The van der Waals surface area contributed by atoms with Crippen LogP contribution in [0.5, 0.6) is 5.75 Å². The van der Waals surface area contributed by atoms with E-state index in [4.69, 9.17) is 36.8 Å². The van der Waals surface area contributed by atoms with E-state index in [9.17, 15) is 0 Å². The molecule has 5 nitrogen and oxygen atoms in total. The van der Waals surface area contributed by atoms with Gasteiger partial charge in [-0.25, -0.2) is 4.99 Å². The van der Waals surface area contributed by atoms with Gasteiger partial charge in [0.25, 0.3) is 0 Å². The molecule has 3 heterocycles. The van der Waals surface area contributed by atoms with Crippen LogP contribution in [0.15, 0.2) is 52.4 Å². The van der Waals surface area contributed by atoms with Gasteiger partial charge in [-0.1, -0.05) is 29.8 Å². The predicted octanol–water partition coefficient (Wildman–Crippen LogP) is 4.32. The molecular formula is C22H22ClN3O2. The molecular weight excluding hydrogens is 374 g/mol. The minimum absolute atomic E-state index is 0.416. The van der Waals surface area contributed by atoms with Gasteiger partial charge in [-0.15, -0.1) is 0 Å². The fraction of sp³-hybridized carbons (Fsp3) is 0.364. The third-order valence-electron chi connectivity index (χ3n) is 5.78. The molecule has 3 aliphatic heterocycles. The minimum Gasteiger partial charge on any atom is -0.484 e. The minimum atomic E-state index is -0.753. The highest BCUT2D eigenvalue weighted by atomic mass is 35.5. The normalized spacial score (nSPS) is 28.6. The van der Waals surface area contributed by atoms with Crippen molar-refractivity contribution in [3.63, 3.8) is 0 Å². The Hall–Kier alpha value is -2.37. The Labute approximate surface area is 169 Å². The van der Waals surface area contributed by atoms with Crippen LogP contribution in [0.4, 0.5) is 0 Å². The molecule has 6 heteroatoms. The number of hydrogen-bond donors (Lipinski definition) is 1. The average Bonchev–Trinajstić information content (AvgIpc) is 2.96. The summed E-state index contributed by atoms with van der Waals surface area (Å²) in [6, 6.07) is 14.0. The summed E-state index contributed by atoms with van der Waals surface area (Å²) in [5.41, 5.74) is 8.80. The second-order valence-corrected chi connectivity index (χ2v) is 8.29. The topological polar surface area (TPSA) is 69.2 Å². The summed E-state index contributed by atoms with van der Waals surface area (Å²) >= 11 is 6.20. The van der Waals surface area contributed by atoms with E-state index in [2.05, 4.69) is 12.1 Å². The molecule has 0 amide bonds. The fourth-order valence-corrected chi connectivity index (χ4v) is 4.67. The van der Waals surface area contributed by atoms with Crippen LogP contribution in [0.1, 0.15) is 31.7 Å². The van der Waals surface area contributed by atoms with Crippen molar-refractivity contribution in [3.8, 4) is 16.9 Å². The molecule has 1 saturated heterocycles. The maximum absolute atomic E-state index is 6.50. The van der Waals surface area contributed by atoms with Gasteiger partial charge in [0.2, 0.25) is 0 Å². The van der Waals surface area contributed by atoms with Crippen LogP contribution in [0, 0.1) is 0 Å². The third kappa shape index (κ3) is 2.81. The number of halogens is 1. The summed E-state index contributed by atoms with van der Waals surface area (Å²) in [5.74, 6) is 1.30. The van der Waals surface area contributed by atoms with Crippen molar-refractivity contribution < 1.29 is 9.47 Å². The molecule has 144 valence electrons. The largest absolute Gasteiger partial charge is 0.484 e. The smallest absolute Gasteiger partial charge is 0.185 e. The summed E-state index contributed by atoms with van der Waals surface area (Å²) in [4.78, 5) is 9.76. The van der Waals surface area contributed by atoms with E-state index in [1.165, 1.54) is 0 Å². The van der Waals surface area contributed by atoms with Gasteiger partial charge in [0.15, 0.2) is 5.66 Å². The number of nitrogens with zero attached hydrogens (tertiary/aromatic N) is 2. The Kier molecular flexibility index (Phi) is 4.00. The standard InChI is InChI=1S/C22H22ClN3O2/c1-14-20(24)26-22(25-14)12-21(8-3-9-27-13-21)28-19-7-6-16(11-18(19)22)15-4-2-5-17(23)10-15/h2,4-7,10-11H,3,8-9,12-13H2,1H3,(H2,24,26)/t21?,22-/m1/s1.